The van der Waals surface area contributed by atoms with Crippen molar-refractivity contribution in [1.82, 2.24) is 5.43 Å². The minimum absolute atomic E-state index is 0.0615. The number of hydrogen-bond donors (Lipinski definition) is 1. The number of rotatable bonds is 5. The Bertz CT molecular complexity index is 713. The smallest absolute Gasteiger partial charge is 0.277 e. The third-order valence-corrected chi connectivity index (χ3v) is 3.57. The van der Waals surface area contributed by atoms with Gasteiger partial charge in [0.15, 0.2) is 6.61 Å². The van der Waals surface area contributed by atoms with E-state index in [0.29, 0.717) is 5.75 Å². The molecule has 0 fully saturated rings. The fraction of sp³-hybridized carbons (Fsp3) is 0.263. The quantitative estimate of drug-likeness (QED) is 0.679. The second kappa shape index (κ2) is 7.58. The number of hydrazone groups is 1. The third kappa shape index (κ3) is 4.68. The van der Waals surface area contributed by atoms with Crippen molar-refractivity contribution in [2.24, 2.45) is 5.10 Å². The summed E-state index contributed by atoms with van der Waals surface area (Å²) in [5.41, 5.74) is 8.00. The van der Waals surface area contributed by atoms with Crippen molar-refractivity contribution in [2.75, 3.05) is 6.61 Å². The maximum absolute atomic E-state index is 11.8. The van der Waals surface area contributed by atoms with Gasteiger partial charge in [0.25, 0.3) is 5.91 Å². The van der Waals surface area contributed by atoms with Gasteiger partial charge in [-0.05, 0) is 50.5 Å². The maximum atomic E-state index is 11.8. The van der Waals surface area contributed by atoms with E-state index in [9.17, 15) is 4.79 Å². The summed E-state index contributed by atoms with van der Waals surface area (Å²) in [6.07, 6.45) is 1.68. The van der Waals surface area contributed by atoms with E-state index in [0.717, 1.165) is 22.3 Å². The summed E-state index contributed by atoms with van der Waals surface area (Å²) in [5, 5.41) is 4.02. The normalized spacial score (nSPS) is 10.8. The first-order valence-electron chi connectivity index (χ1n) is 7.55. The number of amides is 1. The van der Waals surface area contributed by atoms with Crippen LogP contribution < -0.4 is 10.2 Å². The molecule has 0 spiro atoms. The van der Waals surface area contributed by atoms with E-state index < -0.39 is 0 Å². The molecule has 0 aromatic heterocycles. The molecular formula is C19H22N2O2. The highest BCUT2D eigenvalue weighted by Crippen LogP contribution is 2.16. The molecule has 0 aliphatic rings. The molecule has 4 heteroatoms. The van der Waals surface area contributed by atoms with E-state index in [1.165, 1.54) is 5.56 Å². The van der Waals surface area contributed by atoms with Crippen molar-refractivity contribution >= 4 is 12.1 Å². The number of benzene rings is 2. The largest absolute Gasteiger partial charge is 0.483 e. The van der Waals surface area contributed by atoms with E-state index in [-0.39, 0.29) is 12.5 Å². The number of nitrogens with one attached hydrogen (secondary N) is 1. The van der Waals surface area contributed by atoms with Crippen LogP contribution in [0, 0.1) is 27.7 Å². The molecule has 0 radical (unpaired) electrons. The fourth-order valence-electron chi connectivity index (χ4n) is 2.46. The number of ether oxygens (including phenoxy) is 1. The average Bonchev–Trinajstić information content (AvgIpc) is 2.49. The average molecular weight is 310 g/mol. The van der Waals surface area contributed by atoms with Crippen LogP contribution in [0.5, 0.6) is 5.75 Å². The number of carbonyl (C=O) groups is 1. The van der Waals surface area contributed by atoms with Crippen LogP contribution in [0.2, 0.25) is 0 Å². The van der Waals surface area contributed by atoms with Crippen molar-refractivity contribution in [2.45, 2.75) is 27.7 Å². The molecule has 23 heavy (non-hydrogen) atoms. The molecule has 0 heterocycles. The highest BCUT2D eigenvalue weighted by atomic mass is 16.5. The molecule has 0 saturated carbocycles. The summed E-state index contributed by atoms with van der Waals surface area (Å²) in [6, 6.07) is 11.8. The van der Waals surface area contributed by atoms with Gasteiger partial charge in [0.05, 0.1) is 6.21 Å². The number of carbonyl (C=O) groups excluding carboxylic acids is 1. The molecule has 2 rings (SSSR count). The number of nitrogens with zero attached hydrogens (tertiary/aromatic N) is 1. The minimum atomic E-state index is -0.285. The van der Waals surface area contributed by atoms with Crippen molar-refractivity contribution in [3.8, 4) is 5.75 Å². The number of aryl methyl sites for hydroxylation is 4. The van der Waals surface area contributed by atoms with Gasteiger partial charge in [-0.15, -0.1) is 0 Å². The topological polar surface area (TPSA) is 50.7 Å². The van der Waals surface area contributed by atoms with E-state index in [2.05, 4.69) is 29.6 Å². The van der Waals surface area contributed by atoms with Gasteiger partial charge in [0.1, 0.15) is 5.75 Å². The molecule has 0 bridgehead atoms. The highest BCUT2D eigenvalue weighted by molar-refractivity contribution is 5.85. The first-order valence-corrected chi connectivity index (χ1v) is 7.55. The van der Waals surface area contributed by atoms with Crippen LogP contribution >= 0.6 is 0 Å². The molecule has 2 aromatic rings. The van der Waals surface area contributed by atoms with Gasteiger partial charge in [-0.3, -0.25) is 4.79 Å². The van der Waals surface area contributed by atoms with E-state index >= 15 is 0 Å². The van der Waals surface area contributed by atoms with Gasteiger partial charge in [-0.25, -0.2) is 5.43 Å². The SMILES string of the molecule is Cc1cc(C)c(/C=N/NC(=O)COc2ccccc2C)c(C)c1. The summed E-state index contributed by atoms with van der Waals surface area (Å²) >= 11 is 0. The van der Waals surface area contributed by atoms with Crippen LogP contribution in [0.3, 0.4) is 0 Å². The Labute approximate surface area is 137 Å². The van der Waals surface area contributed by atoms with E-state index in [1.807, 2.05) is 45.0 Å². The van der Waals surface area contributed by atoms with Crippen LogP contribution in [0.1, 0.15) is 27.8 Å². The molecule has 1 N–H and O–H groups in total. The van der Waals surface area contributed by atoms with Crippen molar-refractivity contribution in [3.05, 3.63) is 64.2 Å². The summed E-state index contributed by atoms with van der Waals surface area (Å²) < 4.78 is 5.48. The number of hydrogen-bond acceptors (Lipinski definition) is 3. The molecule has 0 unspecified atom stereocenters. The molecule has 1 amide bonds. The summed E-state index contributed by atoms with van der Waals surface area (Å²) in [5.74, 6) is 0.420. The highest BCUT2D eigenvalue weighted by Gasteiger charge is 2.04. The number of para-hydroxylation sites is 1. The Morgan fingerprint density at radius 1 is 1.09 bits per heavy atom. The predicted octanol–water partition coefficient (Wildman–Crippen LogP) is 3.45. The zero-order valence-corrected chi connectivity index (χ0v) is 14.0. The first kappa shape index (κ1) is 16.7. The van der Waals surface area contributed by atoms with Gasteiger partial charge in [-0.2, -0.15) is 5.10 Å². The molecule has 0 saturated heterocycles. The second-order valence-corrected chi connectivity index (χ2v) is 5.66. The lowest BCUT2D eigenvalue weighted by atomic mass is 10.0. The molecule has 2 aromatic carbocycles. The minimum Gasteiger partial charge on any atom is -0.483 e. The Hall–Kier alpha value is -2.62. The lowest BCUT2D eigenvalue weighted by Crippen LogP contribution is -2.24. The predicted molar refractivity (Wildman–Crippen MR) is 93.1 cm³/mol. The van der Waals surface area contributed by atoms with Crippen LogP contribution in [0.15, 0.2) is 41.5 Å². The van der Waals surface area contributed by atoms with Gasteiger partial charge in [-0.1, -0.05) is 35.9 Å². The Balaban J connectivity index is 1.91. The van der Waals surface area contributed by atoms with Gasteiger partial charge >= 0.3 is 0 Å². The monoisotopic (exact) mass is 310 g/mol. The molecule has 4 nitrogen and oxygen atoms in total. The van der Waals surface area contributed by atoms with Crippen LogP contribution in [-0.2, 0) is 4.79 Å². The molecule has 0 aliphatic carbocycles. The van der Waals surface area contributed by atoms with Crippen LogP contribution in [0.4, 0.5) is 0 Å². The molecule has 0 aliphatic heterocycles. The van der Waals surface area contributed by atoms with Crippen LogP contribution in [0.25, 0.3) is 0 Å². The van der Waals surface area contributed by atoms with E-state index in [4.69, 9.17) is 4.74 Å². The Kier molecular flexibility index (Phi) is 5.52. The lowest BCUT2D eigenvalue weighted by Gasteiger charge is -2.08. The van der Waals surface area contributed by atoms with Crippen molar-refractivity contribution in [3.63, 3.8) is 0 Å². The third-order valence-electron chi connectivity index (χ3n) is 3.57. The summed E-state index contributed by atoms with van der Waals surface area (Å²) in [7, 11) is 0. The molecule has 0 atom stereocenters. The molecule has 120 valence electrons. The standard InChI is InChI=1S/C19H22N2O2/c1-13-9-15(3)17(16(4)10-13)11-20-21-19(22)12-23-18-8-6-5-7-14(18)2/h5-11H,12H2,1-4H3,(H,21,22)/b20-11+. The van der Waals surface area contributed by atoms with Gasteiger partial charge in [0, 0.05) is 5.56 Å². The summed E-state index contributed by atoms with van der Waals surface area (Å²) in [6.45, 7) is 8.00. The molecular weight excluding hydrogens is 288 g/mol. The zero-order chi connectivity index (χ0) is 16.8. The lowest BCUT2D eigenvalue weighted by molar-refractivity contribution is -0.123. The second-order valence-electron chi connectivity index (χ2n) is 5.66. The Morgan fingerprint density at radius 2 is 1.74 bits per heavy atom. The summed E-state index contributed by atoms with van der Waals surface area (Å²) in [4.78, 5) is 11.8. The van der Waals surface area contributed by atoms with Gasteiger partial charge in [0.2, 0.25) is 0 Å². The first-order chi connectivity index (χ1) is 11.0. The van der Waals surface area contributed by atoms with Crippen LogP contribution in [-0.4, -0.2) is 18.7 Å². The van der Waals surface area contributed by atoms with Gasteiger partial charge < -0.3 is 4.74 Å². The van der Waals surface area contributed by atoms with E-state index in [1.54, 1.807) is 6.21 Å². The Morgan fingerprint density at radius 3 is 2.39 bits per heavy atom. The zero-order valence-electron chi connectivity index (χ0n) is 14.0. The maximum Gasteiger partial charge on any atom is 0.277 e. The van der Waals surface area contributed by atoms with Crippen molar-refractivity contribution in [1.29, 1.82) is 0 Å². The fourth-order valence-corrected chi connectivity index (χ4v) is 2.46. The van der Waals surface area contributed by atoms with Crippen molar-refractivity contribution < 1.29 is 9.53 Å².